The molecule has 0 saturated carbocycles. The molecule has 0 atom stereocenters. The number of furan rings is 1. The highest BCUT2D eigenvalue weighted by atomic mass is 16.3. The van der Waals surface area contributed by atoms with E-state index >= 15 is 0 Å². The molecule has 0 unspecified atom stereocenters. The van der Waals surface area contributed by atoms with Gasteiger partial charge in [-0.15, -0.1) is 0 Å². The lowest BCUT2D eigenvalue weighted by atomic mass is 9.84. The minimum atomic E-state index is 0.893. The number of benzene rings is 8. The van der Waals surface area contributed by atoms with Crippen LogP contribution in [0.5, 0.6) is 0 Å². The molecule has 0 fully saturated rings. The van der Waals surface area contributed by atoms with Crippen molar-refractivity contribution < 1.29 is 4.42 Å². The van der Waals surface area contributed by atoms with E-state index in [4.69, 9.17) is 4.42 Å². The highest BCUT2D eigenvalue weighted by Crippen LogP contribution is 2.46. The lowest BCUT2D eigenvalue weighted by Gasteiger charge is -2.18. The summed E-state index contributed by atoms with van der Waals surface area (Å²) in [4.78, 5) is 0. The van der Waals surface area contributed by atoms with Crippen molar-refractivity contribution in [3.63, 3.8) is 0 Å². The van der Waals surface area contributed by atoms with Crippen LogP contribution >= 0.6 is 0 Å². The first-order valence-corrected chi connectivity index (χ1v) is 15.8. The fraction of sp³-hybridized carbons (Fsp3) is 0. The molecule has 0 N–H and O–H groups in total. The van der Waals surface area contributed by atoms with E-state index < -0.39 is 0 Å². The van der Waals surface area contributed by atoms with E-state index in [0.717, 1.165) is 44.2 Å². The minimum Gasteiger partial charge on any atom is -0.454 e. The first kappa shape index (κ1) is 25.2. The van der Waals surface area contributed by atoms with Gasteiger partial charge >= 0.3 is 0 Å². The molecule has 0 aliphatic carbocycles. The standard InChI is InChI=1S/C44H27NO/c1-2-15-30(16-3-1)45-39-24-11-10-22-37(39)44-43(45)38-26-25-29(27-40(38)46-44)41-33-18-6-8-20-35(33)42(36-21-9-7-19-34(36)41)32-23-12-14-28-13-4-5-17-31(28)32/h1-27H. The third kappa shape index (κ3) is 3.53. The van der Waals surface area contributed by atoms with E-state index in [9.17, 15) is 0 Å². The van der Waals surface area contributed by atoms with Crippen LogP contribution in [0.2, 0.25) is 0 Å². The van der Waals surface area contributed by atoms with Crippen LogP contribution < -0.4 is 0 Å². The lowest BCUT2D eigenvalue weighted by Crippen LogP contribution is -1.93. The van der Waals surface area contributed by atoms with Gasteiger partial charge in [0.1, 0.15) is 11.1 Å². The molecule has 2 aromatic heterocycles. The second-order valence-electron chi connectivity index (χ2n) is 12.0. The summed E-state index contributed by atoms with van der Waals surface area (Å²) in [5.41, 5.74) is 10.1. The highest BCUT2D eigenvalue weighted by Gasteiger charge is 2.22. The van der Waals surface area contributed by atoms with Crippen molar-refractivity contribution >= 4 is 65.3 Å². The summed E-state index contributed by atoms with van der Waals surface area (Å²) in [6.45, 7) is 0. The average Bonchev–Trinajstić information content (AvgIpc) is 3.65. The highest BCUT2D eigenvalue weighted by molar-refractivity contribution is 6.24. The molecule has 2 heterocycles. The van der Waals surface area contributed by atoms with Crippen molar-refractivity contribution in [3.8, 4) is 27.9 Å². The van der Waals surface area contributed by atoms with Crippen LogP contribution in [-0.4, -0.2) is 4.57 Å². The van der Waals surface area contributed by atoms with Crippen molar-refractivity contribution in [1.82, 2.24) is 4.57 Å². The largest absolute Gasteiger partial charge is 0.454 e. The summed E-state index contributed by atoms with van der Waals surface area (Å²) in [6.07, 6.45) is 0. The predicted molar refractivity (Wildman–Crippen MR) is 194 cm³/mol. The third-order valence-electron chi connectivity index (χ3n) is 9.57. The van der Waals surface area contributed by atoms with Crippen molar-refractivity contribution in [2.24, 2.45) is 0 Å². The van der Waals surface area contributed by atoms with Gasteiger partial charge in [0.2, 0.25) is 0 Å². The molecule has 0 spiro atoms. The van der Waals surface area contributed by atoms with E-state index in [1.807, 2.05) is 0 Å². The number of hydrogen-bond donors (Lipinski definition) is 0. The van der Waals surface area contributed by atoms with Crippen LogP contribution in [0.1, 0.15) is 0 Å². The Labute approximate surface area is 265 Å². The van der Waals surface area contributed by atoms with Crippen molar-refractivity contribution in [3.05, 3.63) is 164 Å². The van der Waals surface area contributed by atoms with Gasteiger partial charge in [-0.3, -0.25) is 0 Å². The second-order valence-corrected chi connectivity index (χ2v) is 12.0. The first-order chi connectivity index (χ1) is 22.8. The van der Waals surface area contributed by atoms with Crippen LogP contribution in [0.3, 0.4) is 0 Å². The maximum Gasteiger partial charge on any atom is 0.161 e. The predicted octanol–water partition coefficient (Wildman–Crippen LogP) is 12.3. The zero-order chi connectivity index (χ0) is 30.2. The Balaban J connectivity index is 1.28. The molecule has 2 heteroatoms. The zero-order valence-electron chi connectivity index (χ0n) is 24.9. The van der Waals surface area contributed by atoms with E-state index in [1.165, 1.54) is 49.0 Å². The topological polar surface area (TPSA) is 18.1 Å². The normalized spacial score (nSPS) is 11.9. The number of fused-ring (bicyclic) bond motifs is 8. The molecule has 10 rings (SSSR count). The van der Waals surface area contributed by atoms with Gasteiger partial charge in [-0.05, 0) is 91.0 Å². The van der Waals surface area contributed by atoms with E-state index in [-0.39, 0.29) is 0 Å². The average molecular weight is 586 g/mol. The number of hydrogen-bond acceptors (Lipinski definition) is 1. The number of aromatic nitrogens is 1. The van der Waals surface area contributed by atoms with E-state index in [1.54, 1.807) is 0 Å². The Hall–Kier alpha value is -6.12. The molecule has 0 radical (unpaired) electrons. The molecule has 10 aromatic rings. The molecule has 0 aliphatic rings. The smallest absolute Gasteiger partial charge is 0.161 e. The molecule has 0 aliphatic heterocycles. The van der Waals surface area contributed by atoms with Gasteiger partial charge in [0.25, 0.3) is 0 Å². The summed E-state index contributed by atoms with van der Waals surface area (Å²) < 4.78 is 9.11. The van der Waals surface area contributed by atoms with Crippen molar-refractivity contribution in [1.29, 1.82) is 0 Å². The van der Waals surface area contributed by atoms with Crippen LogP contribution in [0.15, 0.2) is 168 Å². The SMILES string of the molecule is c1ccc(-n2c3ccccc3c3oc4cc(-c5c6ccccc6c(-c6cccc7ccccc67)c6ccccc56)ccc4c32)cc1. The molecule has 2 nitrogen and oxygen atoms in total. The van der Waals surface area contributed by atoms with Gasteiger partial charge in [0.15, 0.2) is 5.58 Å². The summed E-state index contributed by atoms with van der Waals surface area (Å²) in [7, 11) is 0. The van der Waals surface area contributed by atoms with Gasteiger partial charge in [-0.2, -0.15) is 0 Å². The Morgan fingerprint density at radius 1 is 0.413 bits per heavy atom. The quantitative estimate of drug-likeness (QED) is 0.189. The molecule has 46 heavy (non-hydrogen) atoms. The van der Waals surface area contributed by atoms with Crippen LogP contribution in [0.4, 0.5) is 0 Å². The summed E-state index contributed by atoms with van der Waals surface area (Å²) in [5.74, 6) is 0. The van der Waals surface area contributed by atoms with E-state index in [2.05, 4.69) is 168 Å². The monoisotopic (exact) mass is 585 g/mol. The lowest BCUT2D eigenvalue weighted by molar-refractivity contribution is 0.673. The Morgan fingerprint density at radius 2 is 1.00 bits per heavy atom. The van der Waals surface area contributed by atoms with Crippen LogP contribution in [0, 0.1) is 0 Å². The summed E-state index contributed by atoms with van der Waals surface area (Å²) in [5, 5.41) is 9.71. The molecular weight excluding hydrogens is 558 g/mol. The minimum absolute atomic E-state index is 0.893. The van der Waals surface area contributed by atoms with Gasteiger partial charge in [0, 0.05) is 16.5 Å². The maximum atomic E-state index is 6.77. The molecule has 0 bridgehead atoms. The summed E-state index contributed by atoms with van der Waals surface area (Å²) >= 11 is 0. The second kappa shape index (κ2) is 9.69. The van der Waals surface area contributed by atoms with Crippen LogP contribution in [-0.2, 0) is 0 Å². The van der Waals surface area contributed by atoms with Gasteiger partial charge in [-0.1, -0.05) is 127 Å². The Morgan fingerprint density at radius 3 is 1.74 bits per heavy atom. The van der Waals surface area contributed by atoms with Crippen LogP contribution in [0.25, 0.3) is 93.2 Å². The number of rotatable bonds is 3. The fourth-order valence-electron chi connectivity index (χ4n) is 7.64. The van der Waals surface area contributed by atoms with Gasteiger partial charge in [-0.25, -0.2) is 0 Å². The van der Waals surface area contributed by atoms with Gasteiger partial charge in [0.05, 0.1) is 5.52 Å². The molecule has 214 valence electrons. The summed E-state index contributed by atoms with van der Waals surface area (Å²) in [6, 6.07) is 58.9. The number of para-hydroxylation sites is 2. The van der Waals surface area contributed by atoms with Crippen molar-refractivity contribution in [2.45, 2.75) is 0 Å². The molecular formula is C44H27NO. The molecule has 0 amide bonds. The third-order valence-corrected chi connectivity index (χ3v) is 9.57. The Kier molecular flexibility index (Phi) is 5.31. The first-order valence-electron chi connectivity index (χ1n) is 15.8. The van der Waals surface area contributed by atoms with Crippen molar-refractivity contribution in [2.75, 3.05) is 0 Å². The zero-order valence-corrected chi connectivity index (χ0v) is 24.9. The number of nitrogens with zero attached hydrogens (tertiary/aromatic N) is 1. The maximum absolute atomic E-state index is 6.77. The molecule has 8 aromatic carbocycles. The van der Waals surface area contributed by atoms with Gasteiger partial charge < -0.3 is 8.98 Å². The molecule has 0 saturated heterocycles. The fourth-order valence-corrected chi connectivity index (χ4v) is 7.64. The Bertz CT molecular complexity index is 2740. The van der Waals surface area contributed by atoms with E-state index in [0.29, 0.717) is 0 Å².